The number of aliphatic hydroxyl groups is 1. The van der Waals surface area contributed by atoms with Crippen LogP contribution in [0.4, 0.5) is 0 Å². The fourth-order valence-corrected chi connectivity index (χ4v) is 1.43. The summed E-state index contributed by atoms with van der Waals surface area (Å²) < 4.78 is 0. The summed E-state index contributed by atoms with van der Waals surface area (Å²) in [6, 6.07) is 8.61. The van der Waals surface area contributed by atoms with Gasteiger partial charge in [0.15, 0.2) is 0 Å². The summed E-state index contributed by atoms with van der Waals surface area (Å²) in [5, 5.41) is 13.4. The molecule has 2 N–H and O–H groups in total. The summed E-state index contributed by atoms with van der Waals surface area (Å²) in [5.74, 6) is 0. The second-order valence-electron chi connectivity index (χ2n) is 5.71. The van der Waals surface area contributed by atoms with Gasteiger partial charge in [-0.1, -0.05) is 31.2 Å². The largest absolute Gasteiger partial charge is 0.389 e. The summed E-state index contributed by atoms with van der Waals surface area (Å²) in [7, 11) is 0. The zero-order valence-corrected chi connectivity index (χ0v) is 11.7. The van der Waals surface area contributed by atoms with Crippen LogP contribution in [0, 0.1) is 0 Å². The summed E-state index contributed by atoms with van der Waals surface area (Å²) in [5.41, 5.74) is 1.56. The lowest BCUT2D eigenvalue weighted by Crippen LogP contribution is -2.55. The van der Waals surface area contributed by atoms with Crippen LogP contribution in [0.25, 0.3) is 0 Å². The van der Waals surface area contributed by atoms with E-state index in [4.69, 9.17) is 0 Å². The average molecular weight is 235 g/mol. The Hall–Kier alpha value is -0.860. The van der Waals surface area contributed by atoms with Crippen molar-refractivity contribution in [2.75, 3.05) is 0 Å². The first kappa shape index (κ1) is 14.2. The van der Waals surface area contributed by atoms with Crippen LogP contribution in [0.15, 0.2) is 24.3 Å². The first-order valence-electron chi connectivity index (χ1n) is 6.31. The molecule has 0 amide bonds. The molecule has 0 radical (unpaired) electrons. The van der Waals surface area contributed by atoms with Gasteiger partial charge in [-0.3, -0.25) is 0 Å². The number of hydrogen-bond donors (Lipinski definition) is 2. The highest BCUT2D eigenvalue weighted by atomic mass is 16.3. The van der Waals surface area contributed by atoms with Gasteiger partial charge in [0.2, 0.25) is 0 Å². The Bertz CT molecular complexity index is 346. The lowest BCUT2D eigenvalue weighted by molar-refractivity contribution is -0.00531. The van der Waals surface area contributed by atoms with E-state index in [2.05, 4.69) is 36.5 Å². The lowest BCUT2D eigenvalue weighted by Gasteiger charge is -2.38. The Morgan fingerprint density at radius 1 is 1.00 bits per heavy atom. The quantitative estimate of drug-likeness (QED) is 0.822. The van der Waals surface area contributed by atoms with Crippen LogP contribution in [0.2, 0.25) is 0 Å². The molecule has 0 heterocycles. The van der Waals surface area contributed by atoms with Crippen LogP contribution in [-0.2, 0) is 13.0 Å². The fourth-order valence-electron chi connectivity index (χ4n) is 1.43. The molecule has 1 rings (SSSR count). The zero-order valence-electron chi connectivity index (χ0n) is 11.7. The monoisotopic (exact) mass is 235 g/mol. The molecule has 0 bridgehead atoms. The number of hydrogen-bond acceptors (Lipinski definition) is 2. The van der Waals surface area contributed by atoms with E-state index in [1.54, 1.807) is 0 Å². The summed E-state index contributed by atoms with van der Waals surface area (Å²) in [4.78, 5) is 0. The molecule has 0 aromatic heterocycles. The molecule has 1 aromatic rings. The van der Waals surface area contributed by atoms with E-state index in [1.165, 1.54) is 11.1 Å². The van der Waals surface area contributed by atoms with Gasteiger partial charge in [-0.15, -0.1) is 0 Å². The van der Waals surface area contributed by atoms with Gasteiger partial charge in [-0.05, 0) is 45.2 Å². The smallest absolute Gasteiger partial charge is 0.0767 e. The minimum atomic E-state index is -0.740. The SMILES string of the molecule is CCc1ccc(CNC(C)(C)C(C)(C)O)cc1. The van der Waals surface area contributed by atoms with Crippen molar-refractivity contribution >= 4 is 0 Å². The van der Waals surface area contributed by atoms with Crippen LogP contribution >= 0.6 is 0 Å². The second kappa shape index (κ2) is 5.19. The van der Waals surface area contributed by atoms with Crippen LogP contribution < -0.4 is 5.32 Å². The van der Waals surface area contributed by atoms with Gasteiger partial charge in [-0.25, -0.2) is 0 Å². The van der Waals surface area contributed by atoms with Gasteiger partial charge >= 0.3 is 0 Å². The molecule has 0 aliphatic heterocycles. The van der Waals surface area contributed by atoms with Gasteiger partial charge in [0.25, 0.3) is 0 Å². The highest BCUT2D eigenvalue weighted by Crippen LogP contribution is 2.21. The maximum absolute atomic E-state index is 10.0. The molecule has 0 fully saturated rings. The van der Waals surface area contributed by atoms with Crippen LogP contribution in [0.5, 0.6) is 0 Å². The minimum Gasteiger partial charge on any atom is -0.389 e. The van der Waals surface area contributed by atoms with E-state index in [-0.39, 0.29) is 5.54 Å². The molecule has 96 valence electrons. The zero-order chi connectivity index (χ0) is 13.1. The van der Waals surface area contributed by atoms with Gasteiger partial charge < -0.3 is 10.4 Å². The predicted octanol–water partition coefficient (Wildman–Crippen LogP) is 2.89. The highest BCUT2D eigenvalue weighted by molar-refractivity contribution is 5.22. The maximum Gasteiger partial charge on any atom is 0.0767 e. The van der Waals surface area contributed by atoms with E-state index < -0.39 is 5.60 Å². The number of benzene rings is 1. The first-order valence-corrected chi connectivity index (χ1v) is 6.31. The third kappa shape index (κ3) is 3.83. The molecule has 0 spiro atoms. The van der Waals surface area contributed by atoms with Crippen molar-refractivity contribution in [3.63, 3.8) is 0 Å². The van der Waals surface area contributed by atoms with Crippen molar-refractivity contribution in [2.45, 2.75) is 58.7 Å². The predicted molar refractivity (Wildman–Crippen MR) is 73.0 cm³/mol. The maximum atomic E-state index is 10.0. The Labute approximate surface area is 105 Å². The van der Waals surface area contributed by atoms with Crippen molar-refractivity contribution in [3.8, 4) is 0 Å². The number of aryl methyl sites for hydroxylation is 1. The Morgan fingerprint density at radius 2 is 1.47 bits per heavy atom. The first-order chi connectivity index (χ1) is 7.76. The Morgan fingerprint density at radius 3 is 1.88 bits per heavy atom. The van der Waals surface area contributed by atoms with Gasteiger partial charge in [0, 0.05) is 12.1 Å². The Balaban J connectivity index is 2.61. The van der Waals surface area contributed by atoms with Crippen LogP contribution in [0.3, 0.4) is 0 Å². The van der Waals surface area contributed by atoms with Gasteiger partial charge in [-0.2, -0.15) is 0 Å². The van der Waals surface area contributed by atoms with E-state index >= 15 is 0 Å². The van der Waals surface area contributed by atoms with Crippen molar-refractivity contribution in [2.24, 2.45) is 0 Å². The van der Waals surface area contributed by atoms with E-state index in [0.717, 1.165) is 13.0 Å². The van der Waals surface area contributed by atoms with Gasteiger partial charge in [0.05, 0.1) is 5.60 Å². The molecule has 0 aliphatic rings. The minimum absolute atomic E-state index is 0.309. The highest BCUT2D eigenvalue weighted by Gasteiger charge is 2.34. The molecule has 0 saturated carbocycles. The number of rotatable bonds is 5. The van der Waals surface area contributed by atoms with Crippen molar-refractivity contribution in [1.82, 2.24) is 5.32 Å². The van der Waals surface area contributed by atoms with Crippen LogP contribution in [-0.4, -0.2) is 16.2 Å². The van der Waals surface area contributed by atoms with Crippen molar-refractivity contribution in [1.29, 1.82) is 0 Å². The molecular formula is C15H25NO. The molecule has 0 aliphatic carbocycles. The molecular weight excluding hydrogens is 210 g/mol. The van der Waals surface area contributed by atoms with Crippen molar-refractivity contribution < 1.29 is 5.11 Å². The molecule has 0 unspecified atom stereocenters. The number of nitrogens with one attached hydrogen (secondary N) is 1. The van der Waals surface area contributed by atoms with E-state index in [0.29, 0.717) is 0 Å². The molecule has 0 saturated heterocycles. The Kier molecular flexibility index (Phi) is 4.34. The molecule has 2 nitrogen and oxygen atoms in total. The fraction of sp³-hybridized carbons (Fsp3) is 0.600. The summed E-state index contributed by atoms with van der Waals surface area (Å²) in [6.45, 7) is 10.6. The molecule has 17 heavy (non-hydrogen) atoms. The third-order valence-corrected chi connectivity index (χ3v) is 3.70. The topological polar surface area (TPSA) is 32.3 Å². The van der Waals surface area contributed by atoms with Crippen molar-refractivity contribution in [3.05, 3.63) is 35.4 Å². The third-order valence-electron chi connectivity index (χ3n) is 3.70. The average Bonchev–Trinajstić information content (AvgIpc) is 2.25. The molecule has 1 aromatic carbocycles. The van der Waals surface area contributed by atoms with E-state index in [1.807, 2.05) is 27.7 Å². The lowest BCUT2D eigenvalue weighted by atomic mass is 9.86. The summed E-state index contributed by atoms with van der Waals surface area (Å²) >= 11 is 0. The second-order valence-corrected chi connectivity index (χ2v) is 5.71. The standard InChI is InChI=1S/C15H25NO/c1-6-12-7-9-13(10-8-12)11-16-14(2,3)15(4,5)17/h7-10,16-17H,6,11H2,1-5H3. The van der Waals surface area contributed by atoms with E-state index in [9.17, 15) is 5.11 Å². The van der Waals surface area contributed by atoms with Crippen LogP contribution in [0.1, 0.15) is 45.7 Å². The molecule has 2 heteroatoms. The summed E-state index contributed by atoms with van der Waals surface area (Å²) in [6.07, 6.45) is 1.07. The van der Waals surface area contributed by atoms with Gasteiger partial charge in [0.1, 0.15) is 0 Å². The normalized spacial score (nSPS) is 12.8. The molecule has 0 atom stereocenters.